The molecule has 3 aromatic carbocycles. The molecule has 0 saturated heterocycles. The number of amides is 4. The van der Waals surface area contributed by atoms with Crippen LogP contribution in [0.1, 0.15) is 82.7 Å². The number of hydrazine groups is 1. The smallest absolute Gasteiger partial charge is 0.255 e. The van der Waals surface area contributed by atoms with E-state index in [1.54, 1.807) is 18.2 Å². The Balaban J connectivity index is 1.43. The highest BCUT2D eigenvalue weighted by Gasteiger charge is 2.25. The highest BCUT2D eigenvalue weighted by molar-refractivity contribution is 6.08. The number of anilines is 2. The van der Waals surface area contributed by atoms with Crippen LogP contribution in [0.2, 0.25) is 0 Å². The Morgan fingerprint density at radius 1 is 0.786 bits per heavy atom. The topological polar surface area (TPSA) is 194 Å². The number of carbonyl (C=O) groups excluding carboxylic acids is 6. The normalized spacial score (nSPS) is 12.7. The number of fused-ring (bicyclic) bond motifs is 1. The van der Waals surface area contributed by atoms with Gasteiger partial charge in [0.25, 0.3) is 17.7 Å². The molecular weight excluding hydrogens is 715 g/mol. The van der Waals surface area contributed by atoms with Crippen molar-refractivity contribution in [2.45, 2.75) is 59.4 Å². The molecule has 1 aliphatic heterocycles. The van der Waals surface area contributed by atoms with Crippen LogP contribution in [0.25, 0.3) is 0 Å². The van der Waals surface area contributed by atoms with Crippen LogP contribution in [0.5, 0.6) is 0 Å². The lowest BCUT2D eigenvalue weighted by molar-refractivity contribution is -0.127. The zero-order valence-electron chi connectivity index (χ0n) is 32.9. The van der Waals surface area contributed by atoms with Gasteiger partial charge in [-0.05, 0) is 106 Å². The zero-order chi connectivity index (χ0) is 40.6. The van der Waals surface area contributed by atoms with Crippen molar-refractivity contribution >= 4 is 52.3 Å². The molecule has 0 radical (unpaired) electrons. The van der Waals surface area contributed by atoms with E-state index in [4.69, 9.17) is 0 Å². The van der Waals surface area contributed by atoms with Gasteiger partial charge in [-0.15, -0.1) is 0 Å². The second-order valence-electron chi connectivity index (χ2n) is 13.4. The molecule has 4 amide bonds. The van der Waals surface area contributed by atoms with Crippen LogP contribution < -0.4 is 26.7 Å². The molecule has 4 rings (SSSR count). The third-order valence-corrected chi connectivity index (χ3v) is 9.42. The number of azo groups is 1. The lowest BCUT2D eigenvalue weighted by Crippen LogP contribution is -2.37. The number of Topliss-reactive ketones (excluding diaryl/α,β-unsaturated/α-hetero) is 2. The Hall–Kier alpha value is -5.64. The van der Waals surface area contributed by atoms with Crippen molar-refractivity contribution in [2.24, 2.45) is 10.2 Å². The van der Waals surface area contributed by atoms with Crippen molar-refractivity contribution < 1.29 is 28.8 Å². The predicted octanol–water partition coefficient (Wildman–Crippen LogP) is 4.32. The highest BCUT2D eigenvalue weighted by atomic mass is 16.2. The molecule has 1 atom stereocenters. The van der Waals surface area contributed by atoms with Crippen molar-refractivity contribution in [2.75, 3.05) is 63.5 Å². The third-order valence-electron chi connectivity index (χ3n) is 9.42. The van der Waals surface area contributed by atoms with Gasteiger partial charge in [0.1, 0.15) is 0 Å². The van der Waals surface area contributed by atoms with Gasteiger partial charge in [0.05, 0.1) is 12.1 Å². The third kappa shape index (κ3) is 12.7. The van der Waals surface area contributed by atoms with Crippen molar-refractivity contribution in [3.05, 3.63) is 88.5 Å². The van der Waals surface area contributed by atoms with Gasteiger partial charge in [0.2, 0.25) is 5.91 Å². The van der Waals surface area contributed by atoms with Crippen LogP contribution >= 0.6 is 0 Å². The molecule has 5 N–H and O–H groups in total. The minimum atomic E-state index is -1.32. The van der Waals surface area contributed by atoms with Crippen molar-refractivity contribution in [1.29, 1.82) is 0 Å². The quantitative estimate of drug-likeness (QED) is 0.0429. The van der Waals surface area contributed by atoms with E-state index in [0.717, 1.165) is 44.7 Å². The minimum absolute atomic E-state index is 0.0545. The molecular formula is C41H53N9O6. The first-order valence-corrected chi connectivity index (χ1v) is 19.1. The van der Waals surface area contributed by atoms with Crippen LogP contribution in [-0.4, -0.2) is 104 Å². The monoisotopic (exact) mass is 767 g/mol. The lowest BCUT2D eigenvalue weighted by Gasteiger charge is -2.18. The molecule has 3 aromatic rings. The average molecular weight is 768 g/mol. The zero-order valence-corrected chi connectivity index (χ0v) is 32.9. The van der Waals surface area contributed by atoms with Gasteiger partial charge in [-0.25, -0.2) is 5.01 Å². The Morgan fingerprint density at radius 2 is 1.43 bits per heavy atom. The number of carbonyl (C=O) groups is 6. The first-order chi connectivity index (χ1) is 26.9. The number of nitrogens with one attached hydrogen (secondary N) is 5. The maximum atomic E-state index is 13.4. The average Bonchev–Trinajstić information content (AvgIpc) is 3.57. The first-order valence-electron chi connectivity index (χ1n) is 19.1. The fourth-order valence-electron chi connectivity index (χ4n) is 6.18. The number of hydrogen-bond donors (Lipinski definition) is 5. The number of ketones is 2. The van der Waals surface area contributed by atoms with E-state index in [1.165, 1.54) is 49.4 Å². The van der Waals surface area contributed by atoms with E-state index < -0.39 is 23.5 Å². The number of rotatable bonds is 22. The molecule has 0 aliphatic carbocycles. The molecule has 1 heterocycles. The molecule has 0 spiro atoms. The summed E-state index contributed by atoms with van der Waals surface area (Å²) in [6, 6.07) is 14.6. The van der Waals surface area contributed by atoms with Crippen LogP contribution in [-0.2, 0) is 27.2 Å². The molecule has 0 saturated carbocycles. The van der Waals surface area contributed by atoms with E-state index in [9.17, 15) is 28.8 Å². The van der Waals surface area contributed by atoms with Crippen LogP contribution in [0.3, 0.4) is 0 Å². The Bertz CT molecular complexity index is 1860. The number of nitrogens with zero attached hydrogens (tertiary/aromatic N) is 4. The summed E-state index contributed by atoms with van der Waals surface area (Å²) in [6.45, 7) is 12.6. The molecule has 298 valence electrons. The molecule has 0 bridgehead atoms. The van der Waals surface area contributed by atoms with E-state index in [1.807, 2.05) is 19.0 Å². The Morgan fingerprint density at radius 3 is 2.02 bits per heavy atom. The summed E-state index contributed by atoms with van der Waals surface area (Å²) in [4.78, 5) is 79.2. The summed E-state index contributed by atoms with van der Waals surface area (Å²) in [5.41, 5.74) is 6.56. The molecule has 56 heavy (non-hydrogen) atoms. The predicted molar refractivity (Wildman–Crippen MR) is 215 cm³/mol. The summed E-state index contributed by atoms with van der Waals surface area (Å²) >= 11 is 0. The van der Waals surface area contributed by atoms with E-state index in [2.05, 4.69) is 55.7 Å². The van der Waals surface area contributed by atoms with E-state index in [0.29, 0.717) is 36.4 Å². The SMILES string of the molecule is CCN(CC)CCCNC(=O)c1cc(NC(=O)c2ccc(N=NC(C(C)=O)C(=O)Cc3ccc4c(c3)CC(=O)N4)cc2)cc(C(=O)NCCCN(CC)NC)c1. The molecule has 0 fully saturated rings. The van der Waals surface area contributed by atoms with Gasteiger partial charge in [-0.1, -0.05) is 32.9 Å². The van der Waals surface area contributed by atoms with Crippen LogP contribution in [0.15, 0.2) is 70.9 Å². The highest BCUT2D eigenvalue weighted by Crippen LogP contribution is 2.25. The summed E-state index contributed by atoms with van der Waals surface area (Å²) in [6.07, 6.45) is 1.64. The van der Waals surface area contributed by atoms with Crippen LogP contribution in [0.4, 0.5) is 17.1 Å². The second-order valence-corrected chi connectivity index (χ2v) is 13.4. The Labute approximate surface area is 328 Å². The van der Waals surface area contributed by atoms with Crippen LogP contribution in [0, 0.1) is 0 Å². The van der Waals surface area contributed by atoms with Crippen molar-refractivity contribution in [1.82, 2.24) is 26.0 Å². The second kappa shape index (κ2) is 21.5. The molecule has 1 unspecified atom stereocenters. The molecule has 0 aromatic heterocycles. The summed E-state index contributed by atoms with van der Waals surface area (Å²) in [5, 5.41) is 21.5. The van der Waals surface area contributed by atoms with E-state index in [-0.39, 0.29) is 52.9 Å². The minimum Gasteiger partial charge on any atom is -0.352 e. The molecule has 15 heteroatoms. The summed E-state index contributed by atoms with van der Waals surface area (Å²) < 4.78 is 0. The fourth-order valence-corrected chi connectivity index (χ4v) is 6.18. The van der Waals surface area contributed by atoms with Gasteiger partial charge in [0, 0.05) is 60.7 Å². The van der Waals surface area contributed by atoms with Crippen molar-refractivity contribution in [3.63, 3.8) is 0 Å². The lowest BCUT2D eigenvalue weighted by atomic mass is 9.99. The van der Waals surface area contributed by atoms with Gasteiger partial charge in [-0.2, -0.15) is 10.2 Å². The first kappa shape index (κ1) is 43.1. The molecule has 15 nitrogen and oxygen atoms in total. The van der Waals surface area contributed by atoms with Gasteiger partial charge in [-0.3, -0.25) is 34.2 Å². The maximum Gasteiger partial charge on any atom is 0.255 e. The van der Waals surface area contributed by atoms with E-state index >= 15 is 0 Å². The van der Waals surface area contributed by atoms with Gasteiger partial charge >= 0.3 is 0 Å². The summed E-state index contributed by atoms with van der Waals surface area (Å²) in [5.74, 6) is -2.24. The van der Waals surface area contributed by atoms with Crippen molar-refractivity contribution in [3.8, 4) is 0 Å². The Kier molecular flexibility index (Phi) is 16.5. The maximum absolute atomic E-state index is 13.4. The largest absolute Gasteiger partial charge is 0.352 e. The molecule has 1 aliphatic rings. The standard InChI is InChI=1S/C41H53N9O6/c1-6-49(7-2)19-9-17-43-39(54)31-23-32(40(55)44-18-10-20-50(8-3)42-5)25-34(24-31)45-41(56)29-12-14-33(15-13-29)47-48-38(27(4)51)36(52)22-28-11-16-35-30(21-28)26-37(53)46-35/h11-16,21,23-25,38,42H,6-10,17-20,22,26H2,1-5H3,(H,43,54)(H,44,55)(H,45,56)(H,46,53). The number of hydrogen-bond acceptors (Lipinski definition) is 11. The summed E-state index contributed by atoms with van der Waals surface area (Å²) in [7, 11) is 1.84. The van der Waals surface area contributed by atoms with Gasteiger partial charge < -0.3 is 26.2 Å². The fraction of sp³-hybridized carbons (Fsp3) is 0.415. The van der Waals surface area contributed by atoms with Gasteiger partial charge in [0.15, 0.2) is 17.6 Å². The number of benzene rings is 3.